The highest BCUT2D eigenvalue weighted by molar-refractivity contribution is 7.91. The van der Waals surface area contributed by atoms with Gasteiger partial charge in [0.1, 0.15) is 27.9 Å². The third kappa shape index (κ3) is 5.08. The molecule has 2 aliphatic rings. The summed E-state index contributed by atoms with van der Waals surface area (Å²) in [6.45, 7) is 0.244. The highest BCUT2D eigenvalue weighted by Crippen LogP contribution is 2.30. The smallest absolute Gasteiger partial charge is 0.412 e. The molecule has 0 aliphatic carbocycles. The van der Waals surface area contributed by atoms with E-state index in [1.54, 1.807) is 35.7 Å². The second-order valence-corrected chi connectivity index (χ2v) is 10.7. The van der Waals surface area contributed by atoms with Gasteiger partial charge < -0.3 is 18.9 Å². The number of rotatable bonds is 7. The van der Waals surface area contributed by atoms with Gasteiger partial charge in [0.25, 0.3) is 0 Å². The number of thiophene rings is 1. The maximum absolute atomic E-state index is 12.5. The van der Waals surface area contributed by atoms with Crippen molar-refractivity contribution in [1.29, 1.82) is 0 Å². The zero-order chi connectivity index (χ0) is 23.5. The Kier molecular flexibility index (Phi) is 6.53. The van der Waals surface area contributed by atoms with Crippen LogP contribution < -0.4 is 14.8 Å². The van der Waals surface area contributed by atoms with E-state index in [-0.39, 0.29) is 17.4 Å². The molecule has 0 spiro atoms. The summed E-state index contributed by atoms with van der Waals surface area (Å²) in [4.78, 5) is 12.4. The number of benzene rings is 2. The van der Waals surface area contributed by atoms with Crippen LogP contribution in [-0.4, -0.2) is 52.1 Å². The van der Waals surface area contributed by atoms with Crippen molar-refractivity contribution in [3.8, 4) is 11.5 Å². The summed E-state index contributed by atoms with van der Waals surface area (Å²) in [6.07, 6.45) is -2.40. The first kappa shape index (κ1) is 22.8. The molecule has 2 saturated heterocycles. The van der Waals surface area contributed by atoms with Crippen molar-refractivity contribution in [2.45, 2.75) is 28.6 Å². The molecule has 2 aromatic carbocycles. The lowest BCUT2D eigenvalue weighted by Crippen LogP contribution is -2.44. The molecule has 2 N–H and O–H groups in total. The van der Waals surface area contributed by atoms with Crippen LogP contribution in [0.15, 0.2) is 76.3 Å². The van der Waals surface area contributed by atoms with Crippen LogP contribution in [0.5, 0.6) is 11.5 Å². The fraction of sp³-hybridized carbons (Fsp3) is 0.261. The number of anilines is 1. The number of hydrogen-bond donors (Lipinski definition) is 2. The average molecular weight is 503 g/mol. The molecule has 4 atom stereocenters. The molecule has 1 aromatic heterocycles. The topological polar surface area (TPSA) is 112 Å². The van der Waals surface area contributed by atoms with Gasteiger partial charge in [-0.15, -0.1) is 11.3 Å². The Bertz CT molecular complexity index is 1220. The molecule has 2 fully saturated rings. The Labute approximate surface area is 200 Å². The highest BCUT2D eigenvalue weighted by atomic mass is 32.2. The van der Waals surface area contributed by atoms with Crippen LogP contribution in [0, 0.1) is 0 Å². The van der Waals surface area contributed by atoms with Gasteiger partial charge >= 0.3 is 6.09 Å². The summed E-state index contributed by atoms with van der Waals surface area (Å²) in [6, 6.07) is 18.9. The predicted molar refractivity (Wildman–Crippen MR) is 125 cm³/mol. The fourth-order valence-electron chi connectivity index (χ4n) is 3.86. The monoisotopic (exact) mass is 502 g/mol. The van der Waals surface area contributed by atoms with Gasteiger partial charge in [0.05, 0.1) is 19.3 Å². The summed E-state index contributed by atoms with van der Waals surface area (Å²) in [5.41, 5.74) is 0.537. The van der Waals surface area contributed by atoms with Crippen LogP contribution in [0.2, 0.25) is 0 Å². The minimum Gasteiger partial charge on any atom is -0.457 e. The maximum Gasteiger partial charge on any atom is 0.412 e. The summed E-state index contributed by atoms with van der Waals surface area (Å²) in [5.74, 6) is 1.35. The van der Waals surface area contributed by atoms with Crippen molar-refractivity contribution in [3.63, 3.8) is 0 Å². The molecule has 0 saturated carbocycles. The largest absolute Gasteiger partial charge is 0.457 e. The second kappa shape index (κ2) is 9.72. The van der Waals surface area contributed by atoms with Gasteiger partial charge in [0, 0.05) is 5.69 Å². The second-order valence-electron chi connectivity index (χ2n) is 7.76. The molecule has 0 bridgehead atoms. The first-order chi connectivity index (χ1) is 16.5. The first-order valence-corrected chi connectivity index (χ1v) is 12.9. The van der Waals surface area contributed by atoms with Gasteiger partial charge in [-0.1, -0.05) is 24.3 Å². The van der Waals surface area contributed by atoms with Crippen molar-refractivity contribution in [3.05, 3.63) is 72.1 Å². The number of ether oxygens (including phenoxy) is 4. The lowest BCUT2D eigenvalue weighted by Gasteiger charge is -2.18. The van der Waals surface area contributed by atoms with Crippen molar-refractivity contribution in [2.24, 2.45) is 0 Å². The third-order valence-electron chi connectivity index (χ3n) is 5.41. The van der Waals surface area contributed by atoms with Crippen molar-refractivity contribution < 1.29 is 32.2 Å². The van der Waals surface area contributed by atoms with E-state index in [0.717, 1.165) is 11.3 Å². The van der Waals surface area contributed by atoms with E-state index in [0.29, 0.717) is 17.2 Å². The average Bonchev–Trinajstić information content (AvgIpc) is 3.57. The van der Waals surface area contributed by atoms with Gasteiger partial charge in [-0.05, 0) is 47.8 Å². The molecule has 178 valence electrons. The van der Waals surface area contributed by atoms with Gasteiger partial charge in [0.2, 0.25) is 10.0 Å². The van der Waals surface area contributed by atoms with Crippen molar-refractivity contribution >= 4 is 33.1 Å². The lowest BCUT2D eigenvalue weighted by molar-refractivity contribution is 0.00883. The molecule has 3 aromatic rings. The minimum absolute atomic E-state index is 0.115. The standard InChI is InChI=1S/C23H22N2O7S2/c26-23(24-15-8-10-17(11-9-15)31-16-5-2-1-3-6-16)32-19-14-30-21-18(13-29-22(19)21)25-34(27,28)20-7-4-12-33-20/h1-12,18-19,21-22,25H,13-14H2,(H,24,26)/t18-,19-,21-,22+/m0/s1. The number of sulfonamides is 1. The number of carbonyl (C=O) groups excluding carboxylic acids is 1. The summed E-state index contributed by atoms with van der Waals surface area (Å²) >= 11 is 1.13. The predicted octanol–water partition coefficient (Wildman–Crippen LogP) is 3.60. The zero-order valence-corrected chi connectivity index (χ0v) is 19.5. The molecule has 9 nitrogen and oxygen atoms in total. The summed E-state index contributed by atoms with van der Waals surface area (Å²) in [7, 11) is -3.67. The van der Waals surface area contributed by atoms with Gasteiger partial charge in [0.15, 0.2) is 6.10 Å². The minimum atomic E-state index is -3.67. The van der Waals surface area contributed by atoms with Crippen LogP contribution in [0.1, 0.15) is 0 Å². The number of hydrogen-bond acceptors (Lipinski definition) is 8. The molecule has 11 heteroatoms. The summed E-state index contributed by atoms with van der Waals surface area (Å²) in [5, 5.41) is 4.37. The number of fused-ring (bicyclic) bond motifs is 1. The Morgan fingerprint density at radius 1 is 0.912 bits per heavy atom. The Balaban J connectivity index is 1.13. The van der Waals surface area contributed by atoms with Gasteiger partial charge in [-0.3, -0.25) is 5.32 Å². The van der Waals surface area contributed by atoms with Gasteiger partial charge in [-0.2, -0.15) is 0 Å². The van der Waals surface area contributed by atoms with Crippen LogP contribution in [0.25, 0.3) is 0 Å². The molecule has 0 unspecified atom stereocenters. The van der Waals surface area contributed by atoms with Crippen LogP contribution >= 0.6 is 11.3 Å². The number of para-hydroxylation sites is 1. The molecular formula is C23H22N2O7S2. The van der Waals surface area contributed by atoms with E-state index in [4.69, 9.17) is 18.9 Å². The number of amides is 1. The molecular weight excluding hydrogens is 480 g/mol. The molecule has 0 radical (unpaired) electrons. The quantitative estimate of drug-likeness (QED) is 0.508. The van der Waals surface area contributed by atoms with E-state index >= 15 is 0 Å². The van der Waals surface area contributed by atoms with Crippen molar-refractivity contribution in [2.75, 3.05) is 18.5 Å². The van der Waals surface area contributed by atoms with E-state index in [9.17, 15) is 13.2 Å². The SMILES string of the molecule is O=C(Nc1ccc(Oc2ccccc2)cc1)O[C@H]1CO[C@@H]2[C@@H]1OC[C@@H]2NS(=O)(=O)c1cccs1. The fourth-order valence-corrected chi connectivity index (χ4v) is 6.10. The van der Waals surface area contributed by atoms with E-state index in [1.165, 1.54) is 6.07 Å². The third-order valence-corrected chi connectivity index (χ3v) is 8.30. The molecule has 1 amide bonds. The first-order valence-electron chi connectivity index (χ1n) is 10.6. The number of carbonyl (C=O) groups is 1. The van der Waals surface area contributed by atoms with E-state index < -0.39 is 40.5 Å². The lowest BCUT2D eigenvalue weighted by atomic mass is 10.1. The molecule has 34 heavy (non-hydrogen) atoms. The van der Waals surface area contributed by atoms with Crippen molar-refractivity contribution in [1.82, 2.24) is 4.72 Å². The van der Waals surface area contributed by atoms with Crippen LogP contribution in [0.4, 0.5) is 10.5 Å². The maximum atomic E-state index is 12.5. The Morgan fingerprint density at radius 3 is 2.38 bits per heavy atom. The Hall–Kier alpha value is -2.96. The zero-order valence-electron chi connectivity index (χ0n) is 17.8. The summed E-state index contributed by atoms with van der Waals surface area (Å²) < 4.78 is 50.5. The number of nitrogens with one attached hydrogen (secondary N) is 2. The van der Waals surface area contributed by atoms with E-state index in [2.05, 4.69) is 10.0 Å². The molecule has 5 rings (SSSR count). The molecule has 3 heterocycles. The highest BCUT2D eigenvalue weighted by Gasteiger charge is 2.50. The van der Waals surface area contributed by atoms with E-state index in [1.807, 2.05) is 30.3 Å². The molecule has 2 aliphatic heterocycles. The van der Waals surface area contributed by atoms with Crippen LogP contribution in [0.3, 0.4) is 0 Å². The van der Waals surface area contributed by atoms with Gasteiger partial charge in [-0.25, -0.2) is 17.9 Å². The Morgan fingerprint density at radius 2 is 1.65 bits per heavy atom. The normalized spacial score (nSPS) is 23.9. The van der Waals surface area contributed by atoms with Crippen LogP contribution in [-0.2, 0) is 24.2 Å².